The van der Waals surface area contributed by atoms with Crippen molar-refractivity contribution < 1.29 is 66.1 Å². The number of aromatic amines is 1. The number of nitrogens with one attached hydrogen (secondary N) is 1. The van der Waals surface area contributed by atoms with Crippen LogP contribution in [-0.2, 0) is 31.6 Å². The molecule has 44 heavy (non-hydrogen) atoms. The lowest BCUT2D eigenvalue weighted by molar-refractivity contribution is -0.0544. The summed E-state index contributed by atoms with van der Waals surface area (Å²) in [7, 11) is -15.7. The third-order valence-corrected chi connectivity index (χ3v) is 9.87. The van der Waals surface area contributed by atoms with Crippen molar-refractivity contribution in [3.05, 3.63) is 27.0 Å². The number of unbranched alkanes of at least 4 members (excludes halogenated alkanes) is 3. The first-order valence-electron chi connectivity index (χ1n) is 13.8. The third kappa shape index (κ3) is 14.4. The molecule has 1 aliphatic rings. The lowest BCUT2D eigenvalue weighted by Crippen LogP contribution is -2.38. The number of hydrogen-bond acceptors (Lipinski definition) is 13. The molecule has 0 radical (unpaired) electrons. The number of aliphatic hydroxyl groups is 2. The zero-order chi connectivity index (χ0) is 33.7. The highest BCUT2D eigenvalue weighted by Gasteiger charge is 2.47. The minimum absolute atomic E-state index is 0.346. The van der Waals surface area contributed by atoms with Gasteiger partial charge in [0.05, 0.1) is 19.9 Å². The Morgan fingerprint density at radius 1 is 0.886 bits per heavy atom. The van der Waals surface area contributed by atoms with E-state index in [0.29, 0.717) is 4.57 Å². The SMILES string of the molecule is CCCCN(CCCC)CCCC.COc1cn([C@@H]2O[C@H](COP(=O)(O)OP(=O)(O)OP(=O)(O)O)[C@@H](O)[C@H]2O)c(=O)[nH]c1=O. The van der Waals surface area contributed by atoms with Gasteiger partial charge in [-0.3, -0.25) is 18.9 Å². The largest absolute Gasteiger partial charge is 0.490 e. The van der Waals surface area contributed by atoms with Crippen molar-refractivity contribution in [2.75, 3.05) is 33.4 Å². The number of aliphatic hydroxyl groups excluding tert-OH is 2. The molecule has 0 aromatic carbocycles. The van der Waals surface area contributed by atoms with Gasteiger partial charge in [-0.1, -0.05) is 40.0 Å². The molecule has 1 fully saturated rings. The van der Waals surface area contributed by atoms with Gasteiger partial charge in [-0.2, -0.15) is 8.62 Å². The van der Waals surface area contributed by atoms with Crippen LogP contribution in [0.25, 0.3) is 0 Å². The molecule has 19 nitrogen and oxygen atoms in total. The highest BCUT2D eigenvalue weighted by atomic mass is 31.3. The number of phosphoric acid groups is 3. The van der Waals surface area contributed by atoms with E-state index in [9.17, 15) is 38.4 Å². The van der Waals surface area contributed by atoms with Crippen LogP contribution in [0.1, 0.15) is 65.5 Å². The second-order valence-electron chi connectivity index (χ2n) is 9.70. The van der Waals surface area contributed by atoms with E-state index in [1.165, 1.54) is 58.2 Å². The van der Waals surface area contributed by atoms with Crippen molar-refractivity contribution in [1.29, 1.82) is 0 Å². The van der Waals surface area contributed by atoms with Crippen molar-refractivity contribution in [3.8, 4) is 5.75 Å². The molecule has 2 rings (SSSR count). The second-order valence-corrected chi connectivity index (χ2v) is 14.1. The van der Waals surface area contributed by atoms with Gasteiger partial charge in [0.15, 0.2) is 6.23 Å². The average molecular weight is 700 g/mol. The van der Waals surface area contributed by atoms with Crippen molar-refractivity contribution in [2.24, 2.45) is 0 Å². The van der Waals surface area contributed by atoms with Gasteiger partial charge in [0.25, 0.3) is 5.56 Å². The van der Waals surface area contributed by atoms with Crippen LogP contribution in [-0.4, -0.2) is 95.9 Å². The zero-order valence-electron chi connectivity index (χ0n) is 25.0. The highest BCUT2D eigenvalue weighted by Crippen LogP contribution is 2.66. The summed E-state index contributed by atoms with van der Waals surface area (Å²) in [4.78, 5) is 63.4. The minimum atomic E-state index is -5.75. The maximum Gasteiger partial charge on any atom is 0.490 e. The van der Waals surface area contributed by atoms with Gasteiger partial charge in [-0.25, -0.2) is 18.5 Å². The molecule has 0 amide bonds. The molecular weight excluding hydrogens is 655 g/mol. The monoisotopic (exact) mass is 699 g/mol. The lowest BCUT2D eigenvalue weighted by atomic mass is 10.1. The van der Waals surface area contributed by atoms with Gasteiger partial charge in [-0.15, -0.1) is 0 Å². The molecular formula is C22H44N3O16P3. The summed E-state index contributed by atoms with van der Waals surface area (Å²) >= 11 is 0. The van der Waals surface area contributed by atoms with Crippen molar-refractivity contribution in [1.82, 2.24) is 14.5 Å². The van der Waals surface area contributed by atoms with Gasteiger partial charge in [-0.05, 0) is 38.9 Å². The van der Waals surface area contributed by atoms with Gasteiger partial charge in [0.1, 0.15) is 18.3 Å². The molecule has 2 unspecified atom stereocenters. The number of ether oxygens (including phenoxy) is 2. The van der Waals surface area contributed by atoms with E-state index < -0.39 is 65.9 Å². The minimum Gasteiger partial charge on any atom is -0.490 e. The van der Waals surface area contributed by atoms with Crippen LogP contribution in [0.3, 0.4) is 0 Å². The second kappa shape index (κ2) is 18.8. The van der Waals surface area contributed by atoms with Gasteiger partial charge in [0.2, 0.25) is 5.75 Å². The standard InChI is InChI=1S/C12H27N.C10H17N2O16P3/c1-4-7-10-13(11-8-5-2)12-9-6-3;1-24-4-2-12(10(16)11-8(4)15)9-7(14)6(13)5(26-9)3-25-30(20,21)28-31(22,23)27-29(17,18)19/h4-12H2,1-3H3;2,5-7,9,13-14H,3H2,1H3,(H,20,21)(H,22,23)(H,11,15,16)(H2,17,18,19)/t;5-,6-,7-,9-/m.1/s1. The Morgan fingerprint density at radius 3 is 1.86 bits per heavy atom. The lowest BCUT2D eigenvalue weighted by Gasteiger charge is -2.21. The first kappa shape index (κ1) is 40.8. The smallest absolute Gasteiger partial charge is 0.490 e. The Morgan fingerprint density at radius 2 is 1.41 bits per heavy atom. The van der Waals surface area contributed by atoms with Gasteiger partial charge in [0, 0.05) is 0 Å². The molecule has 0 aliphatic carbocycles. The molecule has 0 saturated carbocycles. The molecule has 1 aromatic rings. The maximum atomic E-state index is 11.9. The molecule has 7 N–H and O–H groups in total. The Labute approximate surface area is 254 Å². The topological polar surface area (TPSA) is 277 Å². The predicted octanol–water partition coefficient (Wildman–Crippen LogP) is 1.20. The van der Waals surface area contributed by atoms with E-state index in [-0.39, 0.29) is 5.75 Å². The summed E-state index contributed by atoms with van der Waals surface area (Å²) < 4.78 is 55.5. The first-order valence-corrected chi connectivity index (χ1v) is 18.3. The van der Waals surface area contributed by atoms with E-state index in [4.69, 9.17) is 24.2 Å². The molecule has 1 aliphatic heterocycles. The van der Waals surface area contributed by atoms with E-state index in [2.05, 4.69) is 38.8 Å². The maximum absolute atomic E-state index is 11.9. The normalized spacial score (nSPS) is 23.1. The van der Waals surface area contributed by atoms with Crippen LogP contribution in [0.2, 0.25) is 0 Å². The summed E-state index contributed by atoms with van der Waals surface area (Å²) in [6.45, 7) is 9.70. The van der Waals surface area contributed by atoms with E-state index in [1.54, 1.807) is 0 Å². The van der Waals surface area contributed by atoms with E-state index in [0.717, 1.165) is 13.3 Å². The summed E-state index contributed by atoms with van der Waals surface area (Å²) in [5.74, 6) is -0.346. The Balaban J connectivity index is 0.000000627. The van der Waals surface area contributed by atoms with Crippen LogP contribution in [0.15, 0.2) is 15.8 Å². The summed E-state index contributed by atoms with van der Waals surface area (Å²) in [6.07, 6.45) is 2.07. The molecule has 258 valence electrons. The quantitative estimate of drug-likeness (QED) is 0.106. The first-order chi connectivity index (χ1) is 20.4. The number of nitrogens with zero attached hydrogens (tertiary/aromatic N) is 2. The van der Waals surface area contributed by atoms with Crippen LogP contribution in [0.5, 0.6) is 5.75 Å². The fourth-order valence-electron chi connectivity index (χ4n) is 3.85. The zero-order valence-corrected chi connectivity index (χ0v) is 27.6. The highest BCUT2D eigenvalue weighted by molar-refractivity contribution is 7.66. The third-order valence-electron chi connectivity index (χ3n) is 6.07. The Bertz CT molecular complexity index is 1250. The number of hydrogen-bond donors (Lipinski definition) is 7. The Hall–Kier alpha value is -1.27. The van der Waals surface area contributed by atoms with E-state index >= 15 is 0 Å². The van der Waals surface area contributed by atoms with Crippen molar-refractivity contribution in [3.63, 3.8) is 0 Å². The van der Waals surface area contributed by atoms with Crippen molar-refractivity contribution in [2.45, 2.75) is 83.8 Å². The molecule has 1 aromatic heterocycles. The molecule has 0 bridgehead atoms. The summed E-state index contributed by atoms with van der Waals surface area (Å²) in [5.41, 5.74) is -1.95. The molecule has 1 saturated heterocycles. The number of methoxy groups -OCH3 is 1. The number of aromatic nitrogens is 2. The number of phosphoric ester groups is 1. The fraction of sp³-hybridized carbons (Fsp3) is 0.818. The van der Waals surface area contributed by atoms with Crippen LogP contribution < -0.4 is 16.0 Å². The summed E-state index contributed by atoms with van der Waals surface area (Å²) in [5, 5.41) is 20.1. The molecule has 22 heteroatoms. The number of rotatable bonds is 18. The molecule has 2 heterocycles. The van der Waals surface area contributed by atoms with E-state index in [1.807, 2.05) is 4.98 Å². The Kier molecular flexibility index (Phi) is 17.4. The number of H-pyrrole nitrogens is 1. The molecule has 0 spiro atoms. The van der Waals surface area contributed by atoms with Gasteiger partial charge >= 0.3 is 29.2 Å². The van der Waals surface area contributed by atoms with Crippen molar-refractivity contribution >= 4 is 23.5 Å². The van der Waals surface area contributed by atoms with Crippen LogP contribution in [0.4, 0.5) is 0 Å². The predicted molar refractivity (Wildman–Crippen MR) is 155 cm³/mol. The van der Waals surface area contributed by atoms with Crippen LogP contribution >= 0.6 is 23.5 Å². The molecule has 6 atom stereocenters. The average Bonchev–Trinajstić information content (AvgIpc) is 3.18. The van der Waals surface area contributed by atoms with Crippen LogP contribution in [0, 0.1) is 0 Å². The summed E-state index contributed by atoms with van der Waals surface area (Å²) in [6, 6.07) is 0. The van der Waals surface area contributed by atoms with Gasteiger partial charge < -0.3 is 44.2 Å². The fourth-order valence-corrected chi connectivity index (χ4v) is 6.88.